The van der Waals surface area contributed by atoms with Crippen molar-refractivity contribution >= 4 is 0 Å². The predicted octanol–water partition coefficient (Wildman–Crippen LogP) is 3.23. The summed E-state index contributed by atoms with van der Waals surface area (Å²) in [5.74, 6) is 2.35. The molecule has 0 amide bonds. The Bertz CT molecular complexity index is 456. The van der Waals surface area contributed by atoms with Gasteiger partial charge in [-0.25, -0.2) is 0 Å². The highest BCUT2D eigenvalue weighted by Gasteiger charge is 2.39. The number of hydrogen-bond acceptors (Lipinski definition) is 2. The van der Waals surface area contributed by atoms with Crippen molar-refractivity contribution in [1.29, 1.82) is 0 Å². The first kappa shape index (κ1) is 12.0. The molecule has 2 nitrogen and oxygen atoms in total. The molecule has 1 saturated carbocycles. The zero-order chi connectivity index (χ0) is 12.8. The molecule has 2 N–H and O–H groups in total. The van der Waals surface area contributed by atoms with Crippen LogP contribution in [0.15, 0.2) is 18.2 Å². The van der Waals surface area contributed by atoms with Gasteiger partial charge in [-0.15, -0.1) is 0 Å². The van der Waals surface area contributed by atoms with Gasteiger partial charge in [-0.2, -0.15) is 0 Å². The van der Waals surface area contributed by atoms with Crippen LogP contribution in [0.5, 0.6) is 5.75 Å². The second kappa shape index (κ2) is 4.27. The monoisotopic (exact) mass is 245 g/mol. The molecule has 1 aromatic carbocycles. The van der Waals surface area contributed by atoms with E-state index in [1.165, 1.54) is 24.0 Å². The molecule has 3 unspecified atom stereocenters. The first-order valence-electron chi connectivity index (χ1n) is 7.14. The molecule has 0 spiro atoms. The van der Waals surface area contributed by atoms with E-state index in [-0.39, 0.29) is 5.54 Å². The normalized spacial score (nSPS) is 35.1. The fourth-order valence-electron chi connectivity index (χ4n) is 3.55. The number of nitrogens with two attached hydrogens (primary N) is 1. The van der Waals surface area contributed by atoms with Gasteiger partial charge in [0.1, 0.15) is 5.75 Å². The minimum atomic E-state index is -0.144. The van der Waals surface area contributed by atoms with Gasteiger partial charge in [0.05, 0.1) is 6.61 Å². The van der Waals surface area contributed by atoms with Crippen LogP contribution < -0.4 is 10.5 Å². The van der Waals surface area contributed by atoms with Gasteiger partial charge in [-0.3, -0.25) is 0 Å². The molecule has 0 saturated heterocycles. The van der Waals surface area contributed by atoms with Gasteiger partial charge >= 0.3 is 0 Å². The molecule has 18 heavy (non-hydrogen) atoms. The first-order valence-corrected chi connectivity index (χ1v) is 7.14. The Kier molecular flexibility index (Phi) is 2.86. The summed E-state index contributed by atoms with van der Waals surface area (Å²) in [5, 5.41) is 0. The van der Waals surface area contributed by atoms with Gasteiger partial charge in [0.2, 0.25) is 0 Å². The van der Waals surface area contributed by atoms with Crippen LogP contribution in [0.25, 0.3) is 0 Å². The predicted molar refractivity (Wildman–Crippen MR) is 73.7 cm³/mol. The lowest BCUT2D eigenvalue weighted by Gasteiger charge is -2.43. The number of benzene rings is 1. The standard InChI is InChI=1S/C16H23NO/c1-11-3-4-12(2)16(17,10-11)14-5-6-15-13(9-14)7-8-18-15/h5-6,9,11-12H,3-4,7-8,10,17H2,1-2H3. The van der Waals surface area contributed by atoms with E-state index in [2.05, 4.69) is 32.0 Å². The van der Waals surface area contributed by atoms with Crippen LogP contribution in [0.4, 0.5) is 0 Å². The van der Waals surface area contributed by atoms with Crippen LogP contribution in [0.3, 0.4) is 0 Å². The highest BCUT2D eigenvalue weighted by atomic mass is 16.5. The summed E-state index contributed by atoms with van der Waals surface area (Å²) >= 11 is 0. The Balaban J connectivity index is 1.97. The smallest absolute Gasteiger partial charge is 0.122 e. The Morgan fingerprint density at radius 3 is 2.94 bits per heavy atom. The highest BCUT2D eigenvalue weighted by Crippen LogP contribution is 2.43. The molecule has 1 aliphatic heterocycles. The summed E-state index contributed by atoms with van der Waals surface area (Å²) in [6.07, 6.45) is 4.69. The topological polar surface area (TPSA) is 35.2 Å². The van der Waals surface area contributed by atoms with Crippen LogP contribution in [0.2, 0.25) is 0 Å². The minimum absolute atomic E-state index is 0.144. The zero-order valence-corrected chi connectivity index (χ0v) is 11.4. The van der Waals surface area contributed by atoms with Crippen molar-refractivity contribution in [2.24, 2.45) is 17.6 Å². The Hall–Kier alpha value is -1.02. The maximum absolute atomic E-state index is 6.77. The van der Waals surface area contributed by atoms with Gasteiger partial charge in [-0.05, 0) is 41.9 Å². The molecule has 0 bridgehead atoms. The summed E-state index contributed by atoms with van der Waals surface area (Å²) in [6.45, 7) is 5.45. The third kappa shape index (κ3) is 1.83. The van der Waals surface area contributed by atoms with Crippen molar-refractivity contribution in [2.45, 2.75) is 45.1 Å². The van der Waals surface area contributed by atoms with Gasteiger partial charge < -0.3 is 10.5 Å². The maximum Gasteiger partial charge on any atom is 0.122 e. The van der Waals surface area contributed by atoms with Gasteiger partial charge in [0.25, 0.3) is 0 Å². The van der Waals surface area contributed by atoms with E-state index in [1.54, 1.807) is 0 Å². The minimum Gasteiger partial charge on any atom is -0.493 e. The summed E-state index contributed by atoms with van der Waals surface area (Å²) in [7, 11) is 0. The summed E-state index contributed by atoms with van der Waals surface area (Å²) in [5.41, 5.74) is 9.27. The first-order chi connectivity index (χ1) is 8.59. The van der Waals surface area contributed by atoms with E-state index in [4.69, 9.17) is 10.5 Å². The van der Waals surface area contributed by atoms with E-state index in [0.717, 1.165) is 31.1 Å². The quantitative estimate of drug-likeness (QED) is 0.824. The fraction of sp³-hybridized carbons (Fsp3) is 0.625. The second-order valence-corrected chi connectivity index (χ2v) is 6.25. The third-order valence-electron chi connectivity index (χ3n) is 4.88. The van der Waals surface area contributed by atoms with Gasteiger partial charge in [-0.1, -0.05) is 32.4 Å². The van der Waals surface area contributed by atoms with Crippen LogP contribution in [-0.2, 0) is 12.0 Å². The van der Waals surface area contributed by atoms with Crippen molar-refractivity contribution < 1.29 is 4.74 Å². The van der Waals surface area contributed by atoms with Crippen LogP contribution in [0.1, 0.15) is 44.2 Å². The SMILES string of the molecule is CC1CCC(C)C(N)(c2ccc3c(c2)CCO3)C1. The van der Waals surface area contributed by atoms with E-state index >= 15 is 0 Å². The molecule has 1 aliphatic carbocycles. The summed E-state index contributed by atoms with van der Waals surface area (Å²) in [6, 6.07) is 6.58. The van der Waals surface area contributed by atoms with Crippen molar-refractivity contribution in [3.63, 3.8) is 0 Å². The molecule has 0 aromatic heterocycles. The molecular formula is C16H23NO. The Labute approximate surface area is 110 Å². The van der Waals surface area contributed by atoms with E-state index in [1.807, 2.05) is 0 Å². The molecule has 2 aliphatic rings. The lowest BCUT2D eigenvalue weighted by atomic mass is 9.67. The van der Waals surface area contributed by atoms with Crippen molar-refractivity contribution in [2.75, 3.05) is 6.61 Å². The van der Waals surface area contributed by atoms with Gasteiger partial charge in [0.15, 0.2) is 0 Å². The maximum atomic E-state index is 6.77. The molecular weight excluding hydrogens is 222 g/mol. The summed E-state index contributed by atoms with van der Waals surface area (Å²) < 4.78 is 5.58. The van der Waals surface area contributed by atoms with E-state index in [9.17, 15) is 0 Å². The molecule has 0 radical (unpaired) electrons. The number of rotatable bonds is 1. The van der Waals surface area contributed by atoms with E-state index < -0.39 is 0 Å². The Morgan fingerprint density at radius 2 is 2.11 bits per heavy atom. The lowest BCUT2D eigenvalue weighted by molar-refractivity contribution is 0.162. The van der Waals surface area contributed by atoms with Crippen LogP contribution in [-0.4, -0.2) is 6.61 Å². The average Bonchev–Trinajstić information content (AvgIpc) is 2.81. The van der Waals surface area contributed by atoms with Gasteiger partial charge in [0, 0.05) is 12.0 Å². The zero-order valence-electron chi connectivity index (χ0n) is 11.4. The molecule has 3 atom stereocenters. The highest BCUT2D eigenvalue weighted by molar-refractivity contribution is 5.42. The molecule has 3 rings (SSSR count). The lowest BCUT2D eigenvalue weighted by Crippen LogP contribution is -2.47. The molecule has 1 heterocycles. The molecule has 1 aromatic rings. The second-order valence-electron chi connectivity index (χ2n) is 6.25. The van der Waals surface area contributed by atoms with Crippen LogP contribution in [0, 0.1) is 11.8 Å². The third-order valence-corrected chi connectivity index (χ3v) is 4.88. The van der Waals surface area contributed by atoms with Crippen molar-refractivity contribution in [3.8, 4) is 5.75 Å². The molecule has 98 valence electrons. The Morgan fingerprint density at radius 1 is 1.28 bits per heavy atom. The fourth-order valence-corrected chi connectivity index (χ4v) is 3.55. The molecule has 2 heteroatoms. The van der Waals surface area contributed by atoms with Crippen LogP contribution >= 0.6 is 0 Å². The number of ether oxygens (including phenoxy) is 1. The summed E-state index contributed by atoms with van der Waals surface area (Å²) in [4.78, 5) is 0. The average molecular weight is 245 g/mol. The van der Waals surface area contributed by atoms with Crippen molar-refractivity contribution in [1.82, 2.24) is 0 Å². The molecule has 1 fully saturated rings. The number of fused-ring (bicyclic) bond motifs is 1. The largest absolute Gasteiger partial charge is 0.493 e. The van der Waals surface area contributed by atoms with Crippen molar-refractivity contribution in [3.05, 3.63) is 29.3 Å². The number of hydrogen-bond donors (Lipinski definition) is 1. The van der Waals surface area contributed by atoms with E-state index in [0.29, 0.717) is 5.92 Å².